The van der Waals surface area contributed by atoms with Crippen molar-refractivity contribution in [2.24, 2.45) is 0 Å². The maximum Gasteiger partial charge on any atom is 0.128 e. The minimum Gasteiger partial charge on any atom is -0.309 e. The van der Waals surface area contributed by atoms with Crippen molar-refractivity contribution in [1.82, 2.24) is 0 Å². The van der Waals surface area contributed by atoms with Crippen molar-refractivity contribution in [3.63, 3.8) is 0 Å². The Morgan fingerprint density at radius 3 is 1.11 bits per heavy atom. The molecule has 2 aromatic heterocycles. The maximum atomic E-state index is 15.7. The first-order chi connectivity index (χ1) is 35.9. The largest absolute Gasteiger partial charge is 0.309 e. The van der Waals surface area contributed by atoms with Crippen LogP contribution in [0.3, 0.4) is 0 Å². The second kappa shape index (κ2) is 16.2. The molecule has 14 rings (SSSR count). The summed E-state index contributed by atoms with van der Waals surface area (Å²) in [7, 11) is 0. The smallest absolute Gasteiger partial charge is 0.128 e. The standard InChI is InChI=1S/C66H44F4N2S2/c1-37-13-9-15-49-51-17-11-23-59(63(51)73-61(37)49)71(45-31-39(67)29-40(68)32-45)43-25-27-47-48-28-26-44(36-58(48)66(57(47)35-43)55-21-7-5-19-53(55)65(3,4)54-20-6-8-22-56(54)66)72(46-33-41(69)30-42(70)34-46)60-24-12-18-52-50-16-10-14-38(2)62(50)74-64(52)60/h5-36H,1-4H3. The van der Waals surface area contributed by atoms with Crippen LogP contribution in [-0.2, 0) is 10.8 Å². The van der Waals surface area contributed by atoms with E-state index in [0.717, 1.165) is 131 Å². The fourth-order valence-corrected chi connectivity index (χ4v) is 15.1. The third-order valence-electron chi connectivity index (χ3n) is 15.7. The molecule has 10 aromatic carbocycles. The van der Waals surface area contributed by atoms with Crippen molar-refractivity contribution in [3.8, 4) is 11.1 Å². The molecule has 0 amide bonds. The second-order valence-electron chi connectivity index (χ2n) is 20.3. The van der Waals surface area contributed by atoms with Crippen LogP contribution in [0.15, 0.2) is 194 Å². The van der Waals surface area contributed by atoms with Gasteiger partial charge in [-0.25, -0.2) is 17.6 Å². The van der Waals surface area contributed by atoms with E-state index >= 15 is 17.6 Å². The van der Waals surface area contributed by atoms with E-state index in [-0.39, 0.29) is 0 Å². The molecule has 0 saturated carbocycles. The summed E-state index contributed by atoms with van der Waals surface area (Å²) in [5, 5.41) is 4.38. The van der Waals surface area contributed by atoms with E-state index in [1.54, 1.807) is 22.7 Å². The van der Waals surface area contributed by atoms with Gasteiger partial charge < -0.3 is 9.80 Å². The van der Waals surface area contributed by atoms with Gasteiger partial charge in [0.25, 0.3) is 0 Å². The molecule has 74 heavy (non-hydrogen) atoms. The Bertz CT molecular complexity index is 4040. The number of fused-ring (bicyclic) bond motifs is 15. The van der Waals surface area contributed by atoms with E-state index in [9.17, 15) is 0 Å². The summed E-state index contributed by atoms with van der Waals surface area (Å²) in [6, 6.07) is 62.7. The van der Waals surface area contributed by atoms with Crippen LogP contribution in [-0.4, -0.2) is 0 Å². The van der Waals surface area contributed by atoms with Crippen molar-refractivity contribution in [2.75, 3.05) is 9.80 Å². The molecular weight excluding hydrogens is 961 g/mol. The van der Waals surface area contributed by atoms with Crippen molar-refractivity contribution in [1.29, 1.82) is 0 Å². The Kier molecular flexibility index (Phi) is 9.79. The number of benzene rings is 10. The lowest BCUT2D eigenvalue weighted by molar-refractivity contribution is 0.563. The minimum atomic E-state index is -0.946. The zero-order chi connectivity index (χ0) is 50.4. The Morgan fingerprint density at radius 2 is 0.703 bits per heavy atom. The lowest BCUT2D eigenvalue weighted by atomic mass is 9.55. The molecule has 2 aliphatic carbocycles. The molecule has 0 fully saturated rings. The predicted molar refractivity (Wildman–Crippen MR) is 300 cm³/mol. The zero-order valence-corrected chi connectivity index (χ0v) is 42.3. The van der Waals surface area contributed by atoms with Crippen molar-refractivity contribution in [3.05, 3.63) is 262 Å². The quantitative estimate of drug-likeness (QED) is 0.153. The maximum absolute atomic E-state index is 15.7. The molecule has 0 N–H and O–H groups in total. The SMILES string of the molecule is Cc1cccc2c1sc1c(N(c3cc(F)cc(F)c3)c3ccc4c(c3)C3(c5cc(N(c6cc(F)cc(F)c6)c6cccc7c6sc6c(C)cccc67)ccc5-4)c4ccccc4C(C)(C)c4ccccc43)cccc12. The molecule has 0 bridgehead atoms. The number of halogens is 4. The Morgan fingerprint density at radius 1 is 0.338 bits per heavy atom. The van der Waals surface area contributed by atoms with Crippen molar-refractivity contribution < 1.29 is 17.6 Å². The van der Waals surface area contributed by atoms with Gasteiger partial charge in [-0.1, -0.05) is 135 Å². The lowest BCUT2D eigenvalue weighted by Gasteiger charge is -2.47. The van der Waals surface area contributed by atoms with Gasteiger partial charge in [0.2, 0.25) is 0 Å². The molecule has 0 atom stereocenters. The number of hydrogen-bond acceptors (Lipinski definition) is 4. The highest BCUT2D eigenvalue weighted by molar-refractivity contribution is 7.27. The molecule has 0 unspecified atom stereocenters. The third kappa shape index (κ3) is 6.34. The zero-order valence-electron chi connectivity index (χ0n) is 40.7. The molecule has 12 aromatic rings. The van der Waals surface area contributed by atoms with Crippen LogP contribution in [0.4, 0.5) is 51.7 Å². The Labute approximate surface area is 433 Å². The van der Waals surface area contributed by atoms with Crippen LogP contribution >= 0.6 is 22.7 Å². The van der Waals surface area contributed by atoms with Gasteiger partial charge in [0.15, 0.2) is 0 Å². The van der Waals surface area contributed by atoms with E-state index in [1.807, 2.05) is 34.1 Å². The summed E-state index contributed by atoms with van der Waals surface area (Å²) in [5.41, 5.74) is 13.3. The molecule has 0 aliphatic heterocycles. The topological polar surface area (TPSA) is 6.48 Å². The summed E-state index contributed by atoms with van der Waals surface area (Å²) >= 11 is 3.37. The van der Waals surface area contributed by atoms with Crippen LogP contribution < -0.4 is 9.80 Å². The van der Waals surface area contributed by atoms with Gasteiger partial charge in [-0.15, -0.1) is 22.7 Å². The molecule has 2 nitrogen and oxygen atoms in total. The van der Waals surface area contributed by atoms with Gasteiger partial charge >= 0.3 is 0 Å². The van der Waals surface area contributed by atoms with E-state index in [0.29, 0.717) is 11.4 Å². The van der Waals surface area contributed by atoms with E-state index < -0.39 is 34.1 Å². The molecule has 1 spiro atoms. The third-order valence-corrected chi connectivity index (χ3v) is 18.5. The fraction of sp³-hybridized carbons (Fsp3) is 0.0909. The normalized spacial score (nSPS) is 13.9. The number of hydrogen-bond donors (Lipinski definition) is 0. The second-order valence-corrected chi connectivity index (χ2v) is 22.3. The van der Waals surface area contributed by atoms with Gasteiger partial charge in [0.05, 0.1) is 37.6 Å². The Hall–Kier alpha value is -8.04. The van der Waals surface area contributed by atoms with Crippen LogP contribution in [0.25, 0.3) is 51.5 Å². The van der Waals surface area contributed by atoms with Crippen LogP contribution in [0.1, 0.15) is 58.4 Å². The highest BCUT2D eigenvalue weighted by Gasteiger charge is 2.54. The summed E-state index contributed by atoms with van der Waals surface area (Å²) in [5.74, 6) is -2.71. The first-order valence-electron chi connectivity index (χ1n) is 24.7. The summed E-state index contributed by atoms with van der Waals surface area (Å²) < 4.78 is 67.0. The first-order valence-corrected chi connectivity index (χ1v) is 26.4. The highest BCUT2D eigenvalue weighted by atomic mass is 32.1. The Balaban J connectivity index is 1.07. The molecule has 2 aliphatic rings. The van der Waals surface area contributed by atoms with Gasteiger partial charge in [0, 0.05) is 59.9 Å². The summed E-state index contributed by atoms with van der Waals surface area (Å²) in [6.07, 6.45) is 0. The first kappa shape index (κ1) is 44.6. The van der Waals surface area contributed by atoms with E-state index in [4.69, 9.17) is 0 Å². The number of aryl methyl sites for hydroxylation is 2. The summed E-state index contributed by atoms with van der Waals surface area (Å²) in [6.45, 7) is 8.79. The predicted octanol–water partition coefficient (Wildman–Crippen LogP) is 19.5. The lowest BCUT2D eigenvalue weighted by Crippen LogP contribution is -2.40. The molecule has 358 valence electrons. The van der Waals surface area contributed by atoms with Crippen LogP contribution in [0, 0.1) is 37.1 Å². The number of anilines is 6. The minimum absolute atomic E-state index is 0.352. The van der Waals surface area contributed by atoms with Gasteiger partial charge in [-0.3, -0.25) is 0 Å². The highest BCUT2D eigenvalue weighted by Crippen LogP contribution is 2.64. The van der Waals surface area contributed by atoms with Crippen molar-refractivity contribution >= 4 is 97.1 Å². The van der Waals surface area contributed by atoms with Gasteiger partial charge in [0.1, 0.15) is 23.3 Å². The summed E-state index contributed by atoms with van der Waals surface area (Å²) in [4.78, 5) is 4.00. The number of nitrogens with zero attached hydrogens (tertiary/aromatic N) is 2. The monoisotopic (exact) mass is 1000 g/mol. The molecule has 8 heteroatoms. The number of rotatable bonds is 6. The van der Waals surface area contributed by atoms with E-state index in [2.05, 4.69) is 161 Å². The number of thiophene rings is 2. The molecule has 0 radical (unpaired) electrons. The van der Waals surface area contributed by atoms with Gasteiger partial charge in [-0.2, -0.15) is 0 Å². The average Bonchev–Trinajstić information content (AvgIpc) is 4.11. The van der Waals surface area contributed by atoms with Crippen molar-refractivity contribution in [2.45, 2.75) is 38.5 Å². The fourth-order valence-electron chi connectivity index (χ4n) is 12.6. The van der Waals surface area contributed by atoms with Gasteiger partial charge in [-0.05, 0) is 130 Å². The molecule has 2 heterocycles. The van der Waals surface area contributed by atoms with Crippen LogP contribution in [0.5, 0.6) is 0 Å². The van der Waals surface area contributed by atoms with Crippen LogP contribution in [0.2, 0.25) is 0 Å². The molecule has 0 saturated heterocycles. The molecular formula is C66H44F4N2S2. The van der Waals surface area contributed by atoms with E-state index in [1.165, 1.54) is 24.3 Å². The average molecular weight is 1010 g/mol.